The highest BCUT2D eigenvalue weighted by Gasteiger charge is 2.16. The number of unbranched alkanes of at least 4 members (excludes halogenated alkanes) is 1. The fourth-order valence-electron chi connectivity index (χ4n) is 2.64. The first-order valence-corrected chi connectivity index (χ1v) is 7.45. The van der Waals surface area contributed by atoms with Gasteiger partial charge in [0, 0.05) is 18.2 Å². The van der Waals surface area contributed by atoms with Crippen molar-refractivity contribution in [1.82, 2.24) is 9.78 Å². The van der Waals surface area contributed by atoms with Gasteiger partial charge in [0.05, 0.1) is 11.4 Å². The van der Waals surface area contributed by atoms with E-state index in [1.165, 1.54) is 0 Å². The van der Waals surface area contributed by atoms with E-state index in [0.29, 0.717) is 12.2 Å². The Kier molecular flexibility index (Phi) is 3.64. The summed E-state index contributed by atoms with van der Waals surface area (Å²) in [5.74, 6) is 0.733. The lowest BCUT2D eigenvalue weighted by Crippen LogP contribution is -2.19. The maximum atomic E-state index is 11.4. The second-order valence-corrected chi connectivity index (χ2v) is 5.47. The van der Waals surface area contributed by atoms with E-state index in [9.17, 15) is 4.79 Å². The number of nitrogen functional groups attached to an aromatic ring is 1. The topological polar surface area (TPSA) is 72.9 Å². The fraction of sp³-hybridized carbons (Fsp3) is 0.375. The van der Waals surface area contributed by atoms with Crippen molar-refractivity contribution >= 4 is 17.4 Å². The Balaban J connectivity index is 1.90. The van der Waals surface area contributed by atoms with Crippen molar-refractivity contribution in [3.8, 4) is 5.69 Å². The van der Waals surface area contributed by atoms with Crippen LogP contribution < -0.4 is 11.1 Å². The first kappa shape index (κ1) is 13.7. The van der Waals surface area contributed by atoms with Crippen LogP contribution in [0.4, 0.5) is 11.5 Å². The minimum atomic E-state index is 0.0794. The average molecular weight is 284 g/mol. The number of amides is 1. The largest absolute Gasteiger partial charge is 0.384 e. The third kappa shape index (κ3) is 2.77. The number of aromatic nitrogens is 2. The molecule has 2 aromatic rings. The van der Waals surface area contributed by atoms with Gasteiger partial charge in [-0.15, -0.1) is 0 Å². The van der Waals surface area contributed by atoms with Gasteiger partial charge < -0.3 is 11.1 Å². The van der Waals surface area contributed by atoms with Crippen LogP contribution in [0.2, 0.25) is 0 Å². The van der Waals surface area contributed by atoms with E-state index in [2.05, 4.69) is 23.4 Å². The Morgan fingerprint density at radius 1 is 1.33 bits per heavy atom. The molecule has 0 bridgehead atoms. The third-order valence-corrected chi connectivity index (χ3v) is 3.80. The zero-order chi connectivity index (χ0) is 14.8. The van der Waals surface area contributed by atoms with Crippen molar-refractivity contribution in [2.75, 3.05) is 11.1 Å². The fourth-order valence-corrected chi connectivity index (χ4v) is 2.64. The summed E-state index contributed by atoms with van der Waals surface area (Å²) >= 11 is 0. The van der Waals surface area contributed by atoms with Gasteiger partial charge in [-0.25, -0.2) is 4.68 Å². The lowest BCUT2D eigenvalue weighted by atomic mass is 10.0. The van der Waals surface area contributed by atoms with E-state index < -0.39 is 0 Å². The predicted octanol–water partition coefficient (Wildman–Crippen LogP) is 2.68. The van der Waals surface area contributed by atoms with E-state index in [0.717, 1.165) is 48.3 Å². The van der Waals surface area contributed by atoms with Gasteiger partial charge in [0.15, 0.2) is 0 Å². The number of rotatable bonds is 4. The molecule has 1 aromatic heterocycles. The number of carbonyl (C=O) groups excluding carboxylic acids is 1. The minimum Gasteiger partial charge on any atom is -0.384 e. The molecule has 1 aliphatic heterocycles. The zero-order valence-corrected chi connectivity index (χ0v) is 12.2. The van der Waals surface area contributed by atoms with Gasteiger partial charge in [-0.1, -0.05) is 13.3 Å². The quantitative estimate of drug-likeness (QED) is 0.906. The van der Waals surface area contributed by atoms with Gasteiger partial charge >= 0.3 is 0 Å². The molecule has 0 atom stereocenters. The SMILES string of the molecule is CCCCc1cc(N)n(-c2ccc3c(c2)CCC(=O)N3)n1. The molecule has 2 heterocycles. The van der Waals surface area contributed by atoms with Crippen LogP contribution >= 0.6 is 0 Å². The lowest BCUT2D eigenvalue weighted by Gasteiger charge is -2.17. The van der Waals surface area contributed by atoms with Crippen molar-refractivity contribution in [2.24, 2.45) is 0 Å². The van der Waals surface area contributed by atoms with Gasteiger partial charge in [-0.3, -0.25) is 4.79 Å². The van der Waals surface area contributed by atoms with Crippen LogP contribution in [0.5, 0.6) is 0 Å². The molecule has 1 amide bonds. The zero-order valence-electron chi connectivity index (χ0n) is 12.2. The smallest absolute Gasteiger partial charge is 0.224 e. The predicted molar refractivity (Wildman–Crippen MR) is 83.5 cm³/mol. The number of nitrogens with one attached hydrogen (secondary N) is 1. The van der Waals surface area contributed by atoms with E-state index in [1.54, 1.807) is 4.68 Å². The Morgan fingerprint density at radius 3 is 3.00 bits per heavy atom. The van der Waals surface area contributed by atoms with Crippen LogP contribution in [0, 0.1) is 0 Å². The van der Waals surface area contributed by atoms with Gasteiger partial charge in [-0.05, 0) is 43.0 Å². The molecular formula is C16H20N4O. The van der Waals surface area contributed by atoms with Crippen molar-refractivity contribution in [3.63, 3.8) is 0 Å². The van der Waals surface area contributed by atoms with Crippen LogP contribution in [-0.2, 0) is 17.6 Å². The molecule has 0 unspecified atom stereocenters. The van der Waals surface area contributed by atoms with Crippen LogP contribution in [-0.4, -0.2) is 15.7 Å². The third-order valence-electron chi connectivity index (χ3n) is 3.80. The number of nitrogens with two attached hydrogens (primary N) is 1. The van der Waals surface area contributed by atoms with Gasteiger partial charge in [0.25, 0.3) is 0 Å². The standard InChI is InChI=1S/C16H20N4O/c1-2-3-4-12-10-15(17)20(19-12)13-6-7-14-11(9-13)5-8-16(21)18-14/h6-7,9-10H,2-5,8,17H2,1H3,(H,18,21). The highest BCUT2D eigenvalue weighted by Crippen LogP contribution is 2.26. The molecule has 0 saturated heterocycles. The molecule has 21 heavy (non-hydrogen) atoms. The normalized spacial score (nSPS) is 13.9. The summed E-state index contributed by atoms with van der Waals surface area (Å²) in [7, 11) is 0. The van der Waals surface area contributed by atoms with Gasteiger partial charge in [0.1, 0.15) is 5.82 Å². The monoisotopic (exact) mass is 284 g/mol. The van der Waals surface area contributed by atoms with E-state index in [-0.39, 0.29) is 5.91 Å². The van der Waals surface area contributed by atoms with E-state index >= 15 is 0 Å². The number of nitrogens with zero attached hydrogens (tertiary/aromatic N) is 2. The van der Waals surface area contributed by atoms with Gasteiger partial charge in [0.2, 0.25) is 5.91 Å². The summed E-state index contributed by atoms with van der Waals surface area (Å²) in [5.41, 5.74) is 10.1. The summed E-state index contributed by atoms with van der Waals surface area (Å²) in [6.45, 7) is 2.16. The molecule has 0 saturated carbocycles. The number of hydrogen-bond acceptors (Lipinski definition) is 3. The molecule has 3 rings (SSSR count). The van der Waals surface area contributed by atoms with Crippen molar-refractivity contribution in [2.45, 2.75) is 39.0 Å². The lowest BCUT2D eigenvalue weighted by molar-refractivity contribution is -0.116. The summed E-state index contributed by atoms with van der Waals surface area (Å²) in [6, 6.07) is 7.87. The molecular weight excluding hydrogens is 264 g/mol. The second-order valence-electron chi connectivity index (χ2n) is 5.47. The van der Waals surface area contributed by atoms with Crippen LogP contribution in [0.25, 0.3) is 5.69 Å². The van der Waals surface area contributed by atoms with Crippen molar-refractivity contribution in [1.29, 1.82) is 0 Å². The van der Waals surface area contributed by atoms with Crippen molar-refractivity contribution in [3.05, 3.63) is 35.5 Å². The van der Waals surface area contributed by atoms with Crippen LogP contribution in [0.1, 0.15) is 37.4 Å². The van der Waals surface area contributed by atoms with Crippen LogP contribution in [0.15, 0.2) is 24.3 Å². The number of benzene rings is 1. The van der Waals surface area contributed by atoms with E-state index in [1.807, 2.05) is 18.2 Å². The molecule has 1 aromatic carbocycles. The Labute approximate surface area is 124 Å². The molecule has 0 aliphatic carbocycles. The number of aryl methyl sites for hydroxylation is 2. The Morgan fingerprint density at radius 2 is 2.19 bits per heavy atom. The Bertz CT molecular complexity index is 675. The molecule has 5 nitrogen and oxygen atoms in total. The molecule has 0 fully saturated rings. The van der Waals surface area contributed by atoms with Crippen molar-refractivity contribution < 1.29 is 4.79 Å². The second kappa shape index (κ2) is 5.60. The highest BCUT2D eigenvalue weighted by molar-refractivity contribution is 5.94. The minimum absolute atomic E-state index is 0.0794. The maximum Gasteiger partial charge on any atom is 0.224 e. The summed E-state index contributed by atoms with van der Waals surface area (Å²) < 4.78 is 1.78. The Hall–Kier alpha value is -2.30. The summed E-state index contributed by atoms with van der Waals surface area (Å²) in [5, 5.41) is 7.47. The highest BCUT2D eigenvalue weighted by atomic mass is 16.1. The maximum absolute atomic E-state index is 11.4. The average Bonchev–Trinajstić information content (AvgIpc) is 2.85. The van der Waals surface area contributed by atoms with E-state index in [4.69, 9.17) is 5.73 Å². The molecule has 5 heteroatoms. The number of anilines is 2. The molecule has 110 valence electrons. The number of carbonyl (C=O) groups is 1. The first-order valence-electron chi connectivity index (χ1n) is 7.45. The summed E-state index contributed by atoms with van der Waals surface area (Å²) in [4.78, 5) is 11.4. The number of fused-ring (bicyclic) bond motifs is 1. The molecule has 3 N–H and O–H groups in total. The molecule has 0 spiro atoms. The summed E-state index contributed by atoms with van der Waals surface area (Å²) in [6.07, 6.45) is 4.51. The van der Waals surface area contributed by atoms with Crippen LogP contribution in [0.3, 0.4) is 0 Å². The molecule has 0 radical (unpaired) electrons. The number of hydrogen-bond donors (Lipinski definition) is 2. The van der Waals surface area contributed by atoms with Gasteiger partial charge in [-0.2, -0.15) is 5.10 Å². The molecule has 1 aliphatic rings. The first-order chi connectivity index (χ1) is 10.2.